The minimum Gasteiger partial charge on any atom is -0.491 e. The van der Waals surface area contributed by atoms with Crippen LogP contribution in [0.3, 0.4) is 0 Å². The molecule has 1 atom stereocenters. The summed E-state index contributed by atoms with van der Waals surface area (Å²) >= 11 is 0. The molecule has 22 heavy (non-hydrogen) atoms. The smallest absolute Gasteiger partial charge is 0.182 e. The number of ether oxygens (including phenoxy) is 3. The van der Waals surface area contributed by atoms with Gasteiger partial charge in [-0.15, -0.1) is 0 Å². The largest absolute Gasteiger partial charge is 0.491 e. The molecule has 3 rings (SSSR count). The lowest BCUT2D eigenvalue weighted by Crippen LogP contribution is -2.54. The van der Waals surface area contributed by atoms with Crippen LogP contribution in [0, 0.1) is 0 Å². The molecule has 0 bridgehead atoms. The number of hydrogen-bond donors (Lipinski definition) is 0. The van der Waals surface area contributed by atoms with Crippen molar-refractivity contribution in [3.63, 3.8) is 0 Å². The van der Waals surface area contributed by atoms with Crippen molar-refractivity contribution in [2.24, 2.45) is 0 Å². The average molecular weight is 305 g/mol. The fourth-order valence-electron chi connectivity index (χ4n) is 2.68. The van der Waals surface area contributed by atoms with Gasteiger partial charge in [0, 0.05) is 18.7 Å². The summed E-state index contributed by atoms with van der Waals surface area (Å²) in [6, 6.07) is 7.39. The van der Waals surface area contributed by atoms with Crippen LogP contribution in [0.2, 0.25) is 0 Å². The van der Waals surface area contributed by atoms with Gasteiger partial charge in [-0.05, 0) is 38.1 Å². The first-order valence-corrected chi connectivity index (χ1v) is 7.79. The molecule has 0 aliphatic carbocycles. The van der Waals surface area contributed by atoms with E-state index in [1.807, 2.05) is 38.1 Å². The number of benzene rings is 1. The van der Waals surface area contributed by atoms with Crippen molar-refractivity contribution in [1.82, 2.24) is 4.90 Å². The van der Waals surface area contributed by atoms with Gasteiger partial charge >= 0.3 is 0 Å². The van der Waals surface area contributed by atoms with Crippen LogP contribution in [0.5, 0.6) is 5.75 Å². The van der Waals surface area contributed by atoms with Crippen molar-refractivity contribution in [2.45, 2.75) is 25.5 Å². The van der Waals surface area contributed by atoms with E-state index in [-0.39, 0.29) is 11.9 Å². The van der Waals surface area contributed by atoms with E-state index < -0.39 is 5.54 Å². The molecule has 2 heterocycles. The Balaban J connectivity index is 1.64. The predicted molar refractivity (Wildman–Crippen MR) is 82.5 cm³/mol. The van der Waals surface area contributed by atoms with Crippen molar-refractivity contribution in [1.29, 1.82) is 0 Å². The molecule has 2 aliphatic rings. The van der Waals surface area contributed by atoms with E-state index in [0.29, 0.717) is 25.4 Å². The van der Waals surface area contributed by atoms with Gasteiger partial charge in [0.25, 0.3) is 0 Å². The van der Waals surface area contributed by atoms with Gasteiger partial charge in [0.15, 0.2) is 5.78 Å². The summed E-state index contributed by atoms with van der Waals surface area (Å²) < 4.78 is 16.1. The molecule has 1 unspecified atom stereocenters. The third kappa shape index (κ3) is 3.48. The van der Waals surface area contributed by atoms with Crippen molar-refractivity contribution in [3.05, 3.63) is 29.8 Å². The maximum Gasteiger partial charge on any atom is 0.182 e. The highest BCUT2D eigenvalue weighted by Crippen LogP contribution is 2.23. The second-order valence-electron chi connectivity index (χ2n) is 6.28. The van der Waals surface area contributed by atoms with Gasteiger partial charge in [0.2, 0.25) is 0 Å². The number of epoxide rings is 1. The Kier molecular flexibility index (Phi) is 4.47. The van der Waals surface area contributed by atoms with Gasteiger partial charge in [0.05, 0.1) is 25.4 Å². The first kappa shape index (κ1) is 15.5. The maximum absolute atomic E-state index is 12.8. The van der Waals surface area contributed by atoms with Crippen LogP contribution in [0.1, 0.15) is 24.2 Å². The molecule has 0 N–H and O–H groups in total. The normalized spacial score (nSPS) is 22.4. The molecule has 5 heteroatoms. The topological polar surface area (TPSA) is 51.3 Å². The van der Waals surface area contributed by atoms with Crippen molar-refractivity contribution in [2.75, 3.05) is 39.5 Å². The molecule has 120 valence electrons. The summed E-state index contributed by atoms with van der Waals surface area (Å²) in [7, 11) is 0. The van der Waals surface area contributed by atoms with E-state index in [9.17, 15) is 4.79 Å². The summed E-state index contributed by atoms with van der Waals surface area (Å²) in [6.45, 7) is 8.28. The quantitative estimate of drug-likeness (QED) is 0.592. The Labute approximate surface area is 131 Å². The first-order chi connectivity index (χ1) is 10.6. The Hall–Kier alpha value is -1.43. The van der Waals surface area contributed by atoms with Gasteiger partial charge in [0.1, 0.15) is 18.5 Å². The van der Waals surface area contributed by atoms with Crippen LogP contribution in [0.15, 0.2) is 24.3 Å². The fraction of sp³-hybridized carbons (Fsp3) is 0.588. The Bertz CT molecular complexity index is 516. The minimum atomic E-state index is -0.520. The molecule has 2 saturated heterocycles. The van der Waals surface area contributed by atoms with Crippen LogP contribution in [-0.2, 0) is 9.47 Å². The van der Waals surface area contributed by atoms with E-state index in [1.165, 1.54) is 0 Å². The van der Waals surface area contributed by atoms with E-state index >= 15 is 0 Å². The second kappa shape index (κ2) is 6.36. The number of nitrogens with zero attached hydrogens (tertiary/aromatic N) is 1. The zero-order valence-corrected chi connectivity index (χ0v) is 13.2. The van der Waals surface area contributed by atoms with Crippen LogP contribution in [0.4, 0.5) is 0 Å². The Morgan fingerprint density at radius 3 is 2.50 bits per heavy atom. The van der Waals surface area contributed by atoms with Crippen LogP contribution in [-0.4, -0.2) is 61.8 Å². The van der Waals surface area contributed by atoms with Gasteiger partial charge < -0.3 is 14.2 Å². The predicted octanol–water partition coefficient (Wildman–Crippen LogP) is 1.76. The highest BCUT2D eigenvalue weighted by Gasteiger charge is 2.35. The van der Waals surface area contributed by atoms with Crippen molar-refractivity contribution < 1.29 is 19.0 Å². The standard InChI is InChI=1S/C17H23NO4/c1-17(2,18-7-9-20-10-8-18)16(19)13-3-5-14(6-4-13)21-11-15-12-22-15/h3-6,15H,7-12H2,1-2H3. The van der Waals surface area contributed by atoms with E-state index in [0.717, 1.165) is 25.4 Å². The molecule has 0 amide bonds. The number of rotatable bonds is 6. The van der Waals surface area contributed by atoms with Gasteiger partial charge in [-0.25, -0.2) is 0 Å². The summed E-state index contributed by atoms with van der Waals surface area (Å²) in [5.41, 5.74) is 0.195. The number of carbonyl (C=O) groups excluding carboxylic acids is 1. The summed E-state index contributed by atoms with van der Waals surface area (Å²) in [6.07, 6.45) is 0.238. The van der Waals surface area contributed by atoms with E-state index in [2.05, 4.69) is 4.90 Å². The zero-order valence-electron chi connectivity index (χ0n) is 13.2. The van der Waals surface area contributed by atoms with E-state index in [1.54, 1.807) is 0 Å². The first-order valence-electron chi connectivity index (χ1n) is 7.79. The highest BCUT2D eigenvalue weighted by molar-refractivity contribution is 6.02. The highest BCUT2D eigenvalue weighted by atomic mass is 16.6. The number of carbonyl (C=O) groups is 1. The van der Waals surface area contributed by atoms with Crippen molar-refractivity contribution in [3.8, 4) is 5.75 Å². The monoisotopic (exact) mass is 305 g/mol. The molecule has 0 radical (unpaired) electrons. The fourth-order valence-corrected chi connectivity index (χ4v) is 2.68. The lowest BCUT2D eigenvalue weighted by molar-refractivity contribution is -0.00429. The molecule has 0 spiro atoms. The van der Waals surface area contributed by atoms with Crippen LogP contribution < -0.4 is 4.74 Å². The maximum atomic E-state index is 12.8. The van der Waals surface area contributed by atoms with Gasteiger partial charge in [-0.2, -0.15) is 0 Å². The van der Waals surface area contributed by atoms with Gasteiger partial charge in [-0.1, -0.05) is 0 Å². The summed E-state index contributed by atoms with van der Waals surface area (Å²) in [5, 5.41) is 0. The SMILES string of the molecule is CC(C)(C(=O)c1ccc(OCC2CO2)cc1)N1CCOCC1. The third-order valence-electron chi connectivity index (χ3n) is 4.31. The second-order valence-corrected chi connectivity index (χ2v) is 6.28. The molecule has 0 saturated carbocycles. The molecule has 2 fully saturated rings. The molecule has 0 aromatic heterocycles. The zero-order chi connectivity index (χ0) is 15.6. The Morgan fingerprint density at radius 2 is 1.91 bits per heavy atom. The minimum absolute atomic E-state index is 0.131. The lowest BCUT2D eigenvalue weighted by atomic mass is 9.91. The summed E-state index contributed by atoms with van der Waals surface area (Å²) in [4.78, 5) is 15.0. The third-order valence-corrected chi connectivity index (χ3v) is 4.31. The van der Waals surface area contributed by atoms with Gasteiger partial charge in [-0.3, -0.25) is 9.69 Å². The number of ketones is 1. The number of hydrogen-bond acceptors (Lipinski definition) is 5. The summed E-state index contributed by atoms with van der Waals surface area (Å²) in [5.74, 6) is 0.905. The molecule has 1 aromatic carbocycles. The average Bonchev–Trinajstić information content (AvgIpc) is 3.38. The Morgan fingerprint density at radius 1 is 1.27 bits per heavy atom. The van der Waals surface area contributed by atoms with E-state index in [4.69, 9.17) is 14.2 Å². The molecular formula is C17H23NO4. The van der Waals surface area contributed by atoms with Crippen LogP contribution >= 0.6 is 0 Å². The number of Topliss-reactive ketones (excluding diaryl/α,β-unsaturated/α-hetero) is 1. The number of morpholine rings is 1. The molecule has 1 aromatic rings. The van der Waals surface area contributed by atoms with Crippen molar-refractivity contribution >= 4 is 5.78 Å². The molecule has 2 aliphatic heterocycles. The molecule has 5 nitrogen and oxygen atoms in total. The lowest BCUT2D eigenvalue weighted by Gasteiger charge is -2.39. The molecular weight excluding hydrogens is 282 g/mol. The van der Waals surface area contributed by atoms with Crippen LogP contribution in [0.25, 0.3) is 0 Å².